The number of carbonyl (C=O) groups is 2. The normalized spacial score (nSPS) is 19.5. The van der Waals surface area contributed by atoms with Gasteiger partial charge in [-0.15, -0.1) is 23.2 Å². The first-order valence-corrected chi connectivity index (χ1v) is 12.5. The van der Waals surface area contributed by atoms with Crippen LogP contribution in [0.1, 0.15) is 51.4 Å². The number of fused-ring (bicyclic) bond motifs is 1. The van der Waals surface area contributed by atoms with Crippen LogP contribution in [0.15, 0.2) is 37.4 Å². The highest BCUT2D eigenvalue weighted by atomic mass is 35.5. The Balaban J connectivity index is 0.000000168. The molecule has 1 atom stereocenters. The standard InChI is InChI=1S/C7H6N4O.C7H12N2O.C7H15N.CH2Cl2/c12-7(10-3-1-8-5-10)11-4-2-9-6-11;10-7-8-5-6-3-1-2-4-9(6)7;8-6-7-4-2-1-3-5-7;2-1-3/h1-6H;6H,1-5H2,(H,8,10);7H,1-6,8H2;1H2. The van der Waals surface area contributed by atoms with Crippen molar-refractivity contribution in [2.75, 3.05) is 25.0 Å². The van der Waals surface area contributed by atoms with Crippen molar-refractivity contribution in [2.24, 2.45) is 11.7 Å². The molecule has 2 amide bonds. The van der Waals surface area contributed by atoms with Gasteiger partial charge in [-0.2, -0.15) is 0 Å². The van der Waals surface area contributed by atoms with Gasteiger partial charge in [0.25, 0.3) is 0 Å². The van der Waals surface area contributed by atoms with Crippen molar-refractivity contribution >= 4 is 35.3 Å². The Kier molecular flexibility index (Phi) is 12.9. The lowest BCUT2D eigenvalue weighted by atomic mass is 9.90. The number of rotatable bonds is 1. The fraction of sp³-hybridized carbons (Fsp3) is 0.636. The van der Waals surface area contributed by atoms with Crippen molar-refractivity contribution < 1.29 is 9.59 Å². The number of alkyl halides is 2. The predicted octanol–water partition coefficient (Wildman–Crippen LogP) is 4.11. The zero-order valence-electron chi connectivity index (χ0n) is 19.0. The quantitative estimate of drug-likeness (QED) is 0.573. The van der Waals surface area contributed by atoms with Crippen LogP contribution in [-0.4, -0.2) is 67.1 Å². The summed E-state index contributed by atoms with van der Waals surface area (Å²) in [6, 6.07) is 0.468. The Morgan fingerprint density at radius 3 is 2.03 bits per heavy atom. The van der Waals surface area contributed by atoms with Crippen molar-refractivity contribution in [1.29, 1.82) is 0 Å². The fourth-order valence-electron chi connectivity index (χ4n) is 4.09. The average molecular weight is 500 g/mol. The van der Waals surface area contributed by atoms with Crippen molar-refractivity contribution in [3.8, 4) is 0 Å². The van der Waals surface area contributed by atoms with E-state index in [4.69, 9.17) is 28.9 Å². The number of nitrogens with two attached hydrogens (primary N) is 1. The molecule has 0 radical (unpaired) electrons. The van der Waals surface area contributed by atoms with Gasteiger partial charge < -0.3 is 16.0 Å². The summed E-state index contributed by atoms with van der Waals surface area (Å²) in [6.07, 6.45) is 19.9. The number of urea groups is 1. The van der Waals surface area contributed by atoms with Gasteiger partial charge in [-0.3, -0.25) is 9.13 Å². The Morgan fingerprint density at radius 2 is 1.58 bits per heavy atom. The van der Waals surface area contributed by atoms with E-state index in [0.29, 0.717) is 6.04 Å². The lowest BCUT2D eigenvalue weighted by molar-refractivity contribution is 0.186. The first-order chi connectivity index (χ1) is 16.1. The van der Waals surface area contributed by atoms with Crippen LogP contribution in [0.5, 0.6) is 0 Å². The molecule has 1 unspecified atom stereocenters. The first kappa shape index (κ1) is 27.1. The molecule has 0 bridgehead atoms. The molecule has 2 aromatic heterocycles. The predicted molar refractivity (Wildman–Crippen MR) is 131 cm³/mol. The number of amides is 2. The number of nitrogens with zero attached hydrogens (tertiary/aromatic N) is 5. The van der Waals surface area contributed by atoms with Crippen LogP contribution in [-0.2, 0) is 0 Å². The molecule has 3 fully saturated rings. The van der Waals surface area contributed by atoms with Crippen LogP contribution >= 0.6 is 23.2 Å². The number of nitrogens with one attached hydrogen (secondary N) is 1. The lowest BCUT2D eigenvalue weighted by Crippen LogP contribution is -2.37. The molecule has 33 heavy (non-hydrogen) atoms. The van der Waals surface area contributed by atoms with Crippen molar-refractivity contribution in [1.82, 2.24) is 29.3 Å². The Morgan fingerprint density at radius 1 is 1.00 bits per heavy atom. The highest BCUT2D eigenvalue weighted by Gasteiger charge is 2.31. The summed E-state index contributed by atoms with van der Waals surface area (Å²) in [7, 11) is 0. The summed E-state index contributed by atoms with van der Waals surface area (Å²) in [5.74, 6) is 0.865. The molecule has 1 aliphatic carbocycles. The topological polar surface area (TPSA) is 111 Å². The number of aromatic nitrogens is 4. The third kappa shape index (κ3) is 9.35. The van der Waals surface area contributed by atoms with Gasteiger partial charge >= 0.3 is 12.1 Å². The Labute approximate surface area is 205 Å². The van der Waals surface area contributed by atoms with Crippen LogP contribution < -0.4 is 11.1 Å². The molecule has 11 heteroatoms. The second-order valence-corrected chi connectivity index (χ2v) is 8.90. The van der Waals surface area contributed by atoms with Gasteiger partial charge in [0.15, 0.2) is 0 Å². The molecule has 4 heterocycles. The van der Waals surface area contributed by atoms with Crippen molar-refractivity contribution in [2.45, 2.75) is 57.4 Å². The molecule has 2 aliphatic heterocycles. The highest BCUT2D eigenvalue weighted by molar-refractivity contribution is 6.40. The first-order valence-electron chi connectivity index (χ1n) is 11.5. The van der Waals surface area contributed by atoms with Gasteiger partial charge in [0.05, 0.1) is 11.4 Å². The molecular weight excluding hydrogens is 465 g/mol. The minimum Gasteiger partial charge on any atom is -0.336 e. The molecule has 1 saturated carbocycles. The molecule has 9 nitrogen and oxygen atoms in total. The number of piperidine rings is 1. The molecule has 0 spiro atoms. The summed E-state index contributed by atoms with van der Waals surface area (Å²) in [5.41, 5.74) is 5.50. The molecule has 184 valence electrons. The molecule has 3 N–H and O–H groups in total. The number of hydrogen-bond acceptors (Lipinski definition) is 5. The average Bonchev–Trinajstić information content (AvgIpc) is 3.64. The second-order valence-electron chi connectivity index (χ2n) is 8.09. The SMILES string of the molecule is ClCCl.NCC1CCCCC1.O=C(n1ccnc1)n1ccnc1.O=C1NCC2CCCCN12. The van der Waals surface area contributed by atoms with Gasteiger partial charge in [0.1, 0.15) is 12.7 Å². The molecule has 5 rings (SSSR count). The maximum atomic E-state index is 11.4. The van der Waals surface area contributed by atoms with Crippen LogP contribution in [0.25, 0.3) is 0 Å². The van der Waals surface area contributed by atoms with E-state index in [1.165, 1.54) is 73.2 Å². The minimum atomic E-state index is -0.190. The zero-order chi connectivity index (χ0) is 23.9. The zero-order valence-corrected chi connectivity index (χ0v) is 20.5. The highest BCUT2D eigenvalue weighted by Crippen LogP contribution is 2.22. The Bertz CT molecular complexity index is 745. The molecule has 3 aliphatic rings. The largest absolute Gasteiger partial charge is 0.338 e. The van der Waals surface area contributed by atoms with Gasteiger partial charge in [-0.1, -0.05) is 19.3 Å². The van der Waals surface area contributed by atoms with E-state index in [0.717, 1.165) is 25.6 Å². The fourth-order valence-corrected chi connectivity index (χ4v) is 4.09. The second kappa shape index (κ2) is 15.7. The van der Waals surface area contributed by atoms with Crippen LogP contribution in [0.2, 0.25) is 0 Å². The van der Waals surface area contributed by atoms with Gasteiger partial charge in [0, 0.05) is 37.9 Å². The minimum absolute atomic E-state index is 0.143. The number of halogens is 2. The third-order valence-electron chi connectivity index (χ3n) is 5.89. The summed E-state index contributed by atoms with van der Waals surface area (Å²) in [4.78, 5) is 31.9. The van der Waals surface area contributed by atoms with Gasteiger partial charge in [-0.25, -0.2) is 19.6 Å². The van der Waals surface area contributed by atoms with Crippen molar-refractivity contribution in [3.05, 3.63) is 37.4 Å². The summed E-state index contributed by atoms with van der Waals surface area (Å²) >= 11 is 9.53. The number of carbonyl (C=O) groups excluding carboxylic acids is 2. The molecule has 2 saturated heterocycles. The summed E-state index contributed by atoms with van der Waals surface area (Å²) < 4.78 is 2.75. The number of imidazole rings is 2. The van der Waals surface area contributed by atoms with E-state index < -0.39 is 0 Å². The van der Waals surface area contributed by atoms with E-state index in [1.807, 2.05) is 4.90 Å². The van der Waals surface area contributed by atoms with E-state index in [9.17, 15) is 9.59 Å². The van der Waals surface area contributed by atoms with Crippen LogP contribution in [0.4, 0.5) is 9.59 Å². The number of hydrogen-bond donors (Lipinski definition) is 2. The van der Waals surface area contributed by atoms with Gasteiger partial charge in [0.2, 0.25) is 0 Å². The van der Waals surface area contributed by atoms with E-state index in [-0.39, 0.29) is 17.4 Å². The van der Waals surface area contributed by atoms with Crippen molar-refractivity contribution in [3.63, 3.8) is 0 Å². The molecular formula is C22H35Cl2N7O2. The summed E-state index contributed by atoms with van der Waals surface area (Å²) in [5, 5.41) is 3.04. The lowest BCUT2D eigenvalue weighted by Gasteiger charge is -2.27. The van der Waals surface area contributed by atoms with Gasteiger partial charge in [-0.05, 0) is 44.6 Å². The molecule has 2 aromatic rings. The van der Waals surface area contributed by atoms with E-state index in [2.05, 4.69) is 15.3 Å². The monoisotopic (exact) mass is 499 g/mol. The van der Waals surface area contributed by atoms with Crippen LogP contribution in [0.3, 0.4) is 0 Å². The van der Waals surface area contributed by atoms with E-state index >= 15 is 0 Å². The smallest absolute Gasteiger partial charge is 0.336 e. The summed E-state index contributed by atoms with van der Waals surface area (Å²) in [6.45, 7) is 2.76. The Hall–Kier alpha value is -2.10. The van der Waals surface area contributed by atoms with E-state index in [1.54, 1.807) is 24.8 Å². The van der Waals surface area contributed by atoms with Crippen LogP contribution in [0, 0.1) is 5.92 Å². The molecule has 0 aromatic carbocycles. The third-order valence-corrected chi connectivity index (χ3v) is 5.89. The maximum absolute atomic E-state index is 11.4. The maximum Gasteiger partial charge on any atom is 0.338 e.